The van der Waals surface area contributed by atoms with Crippen molar-refractivity contribution in [2.75, 3.05) is 0 Å². The number of ketones is 2. The lowest BCUT2D eigenvalue weighted by Crippen LogP contribution is -2.30. The highest BCUT2D eigenvalue weighted by atomic mass is 35.5. The summed E-state index contributed by atoms with van der Waals surface area (Å²) in [5, 5.41) is 22.9. The minimum absolute atomic E-state index is 0.191. The molecule has 0 saturated heterocycles. The molecule has 126 heavy (non-hydrogen) atoms. The number of benzene rings is 7. The minimum Gasteiger partial charge on any atom is -0.289 e. The van der Waals surface area contributed by atoms with Gasteiger partial charge >= 0.3 is 0 Å². The quantitative estimate of drug-likeness (QED) is 0.0165. The molecule has 654 valence electrons. The van der Waals surface area contributed by atoms with Crippen molar-refractivity contribution in [3.8, 4) is 34.4 Å². The van der Waals surface area contributed by atoms with Crippen LogP contribution in [0.2, 0.25) is 20.1 Å². The fraction of sp³-hybridized carbons (Fsp3) is 0.439. The van der Waals surface area contributed by atoms with Crippen molar-refractivity contribution in [3.63, 3.8) is 0 Å². The van der Waals surface area contributed by atoms with Crippen molar-refractivity contribution in [2.24, 2.45) is 0 Å². The molecule has 0 aliphatic heterocycles. The number of thiophene rings is 2. The number of Topliss-reactive ketones (excluding diaryl/α,β-unsaturated/α-hetero) is 2. The molecule has 0 saturated carbocycles. The van der Waals surface area contributed by atoms with E-state index in [2.05, 4.69) is 174 Å². The van der Waals surface area contributed by atoms with Gasteiger partial charge < -0.3 is 0 Å². The summed E-state index contributed by atoms with van der Waals surface area (Å²) in [6.07, 6.45) is 47.3. The summed E-state index contributed by atoms with van der Waals surface area (Å²) in [7, 11) is 0. The van der Waals surface area contributed by atoms with Gasteiger partial charge in [-0.15, -0.1) is 22.7 Å². The van der Waals surface area contributed by atoms with Gasteiger partial charge in [0.05, 0.1) is 56.2 Å². The van der Waals surface area contributed by atoms with Crippen molar-refractivity contribution >= 4 is 104 Å². The molecule has 13 rings (SSSR count). The van der Waals surface area contributed by atoms with E-state index in [1.807, 2.05) is 12.2 Å². The highest BCUT2D eigenvalue weighted by Crippen LogP contribution is 2.67. The van der Waals surface area contributed by atoms with Crippen LogP contribution >= 0.6 is 69.1 Å². The van der Waals surface area contributed by atoms with Crippen molar-refractivity contribution in [1.29, 1.82) is 10.5 Å². The molecular formula is C114H126Cl4N4O2S2. The summed E-state index contributed by atoms with van der Waals surface area (Å²) in [6.45, 7) is 35.5. The van der Waals surface area contributed by atoms with Crippen molar-refractivity contribution in [2.45, 2.75) is 323 Å². The second-order valence-electron chi connectivity index (χ2n) is 36.2. The van der Waals surface area contributed by atoms with Crippen LogP contribution in [0.5, 0.6) is 0 Å². The van der Waals surface area contributed by atoms with Gasteiger partial charge in [-0.05, 0) is 275 Å². The Morgan fingerprint density at radius 2 is 0.540 bits per heavy atom. The molecule has 4 aliphatic carbocycles. The number of unbranched alkanes of at least 4 members (excludes halogenated alkanes) is 24. The van der Waals surface area contributed by atoms with Crippen LogP contribution < -0.4 is 0 Å². The Hall–Kier alpha value is -8.64. The highest BCUT2D eigenvalue weighted by molar-refractivity contribution is 7.14. The molecule has 0 spiro atoms. The van der Waals surface area contributed by atoms with E-state index in [0.29, 0.717) is 22.3 Å². The summed E-state index contributed by atoms with van der Waals surface area (Å²) < 4.78 is 0. The molecule has 0 radical (unpaired) electrons. The van der Waals surface area contributed by atoms with E-state index in [-0.39, 0.29) is 65.3 Å². The van der Waals surface area contributed by atoms with Crippen LogP contribution in [0.25, 0.3) is 55.2 Å². The molecule has 12 heteroatoms. The van der Waals surface area contributed by atoms with E-state index in [0.717, 1.165) is 299 Å². The number of fused-ring (bicyclic) bond motifs is 8. The monoisotopic (exact) mass is 1790 g/mol. The normalized spacial score (nSPS) is 15.2. The Morgan fingerprint density at radius 3 is 0.754 bits per heavy atom. The van der Waals surface area contributed by atoms with Crippen LogP contribution in [0.1, 0.15) is 390 Å². The Labute approximate surface area is 781 Å². The third-order valence-corrected chi connectivity index (χ3v) is 30.7. The zero-order valence-electron chi connectivity index (χ0n) is 75.9. The van der Waals surface area contributed by atoms with Gasteiger partial charge in [-0.25, -0.2) is 20.2 Å². The van der Waals surface area contributed by atoms with E-state index < -0.39 is 10.8 Å². The number of hydrogen-bond acceptors (Lipinski definition) is 6. The summed E-state index contributed by atoms with van der Waals surface area (Å²) in [5.74, 6) is -0.638. The maximum atomic E-state index is 15.6. The molecule has 2 heterocycles. The van der Waals surface area contributed by atoms with Crippen LogP contribution in [0, 0.1) is 35.8 Å². The number of nitriles is 2. The predicted molar refractivity (Wildman–Crippen MR) is 535 cm³/mol. The van der Waals surface area contributed by atoms with Crippen molar-refractivity contribution < 1.29 is 9.59 Å². The number of carbonyl (C=O) groups is 2. The van der Waals surface area contributed by atoms with Gasteiger partial charge in [0.15, 0.2) is 11.6 Å². The SMILES string of the molecule is [C-]#[N+]/C(C#N)=C1\C(=C\c2cc3c(s2)C(c2cc(CCCCCC)cc(CCCCCC)c2)(c2cc(CCCCCC)cc(CCCCCC)c2)c2cc4c(cc2-3)C(c2cc(CCCCCC)cc(CCCCCC)c2)(c2cc(CCCCCC)cc(CCCCCC)c2)c2sc(/C=C3\C(=O)c5cc(Cl)c(Cl)cc5\C3=C(\C#N)[N+]#[C-])cc2-4)C(=O)c2cc(Cl)c(Cl)cc21. The average molecular weight is 1790 g/mol. The number of halogens is 4. The number of nitrogens with zero attached hydrogens (tertiary/aromatic N) is 4. The highest BCUT2D eigenvalue weighted by Gasteiger charge is 2.54. The lowest BCUT2D eigenvalue weighted by molar-refractivity contribution is 0.103. The van der Waals surface area contributed by atoms with Gasteiger partial charge in [-0.2, -0.15) is 0 Å². The van der Waals surface area contributed by atoms with Crippen LogP contribution in [0.15, 0.2) is 144 Å². The molecule has 2 aromatic heterocycles. The first-order valence-corrected chi connectivity index (χ1v) is 51.2. The summed E-state index contributed by atoms with van der Waals surface area (Å²) >= 11 is 30.9. The first-order chi connectivity index (χ1) is 61.4. The summed E-state index contributed by atoms with van der Waals surface area (Å²) in [4.78, 5) is 42.9. The van der Waals surface area contributed by atoms with E-state index in [1.165, 1.54) is 77.9 Å². The molecule has 6 nitrogen and oxygen atoms in total. The Kier molecular flexibility index (Phi) is 34.0. The maximum Gasteiger partial charge on any atom is 0.270 e. The standard InChI is InChI=1S/C114H126Cl4N4O2S2/c1-11-19-27-35-43-75-51-76(44-36-28-20-12-2)56-83(55-75)113(84-57-77(45-37-29-21-13-3)52-78(58-84)46-38-30-22-14-4)99-67-90-96-64-88(66-98-108(106(74-120)122-10)92-70-102(116)104(118)72-94(92)110(98)124)126-112(96)114(85-59-79(47-39-31-23-15-5)53-80(60-85)48-40-32-24-16-6,86-61-81(49-41-33-25-17-7)54-82(62-86)50-42-34-26-18-8)100(90)68-89(99)95-63-87(125-111(95)113)65-97-107(105(73-119)121-9)91-69-101(115)103(117)71-93(91)109(97)123/h51-72H,11-50H2,1-8H3/b97-65-,98-66-,107-105-,108-106+. The topological polar surface area (TPSA) is 90.4 Å². The van der Waals surface area contributed by atoms with Crippen LogP contribution in [0.4, 0.5) is 0 Å². The fourth-order valence-electron chi connectivity index (χ4n) is 20.5. The minimum atomic E-state index is -0.995. The van der Waals surface area contributed by atoms with Crippen LogP contribution in [-0.4, -0.2) is 11.6 Å². The first kappa shape index (κ1) is 95.0. The van der Waals surface area contributed by atoms with E-state index in [9.17, 15) is 10.5 Å². The maximum absolute atomic E-state index is 15.6. The van der Waals surface area contributed by atoms with Crippen LogP contribution in [0.3, 0.4) is 0 Å². The van der Waals surface area contributed by atoms with Gasteiger partial charge in [0, 0.05) is 52.9 Å². The van der Waals surface area contributed by atoms with Crippen LogP contribution in [-0.2, 0) is 62.2 Å². The van der Waals surface area contributed by atoms with Gasteiger partial charge in [0.1, 0.15) is 0 Å². The molecule has 7 aromatic carbocycles. The lowest BCUT2D eigenvalue weighted by atomic mass is 9.66. The van der Waals surface area contributed by atoms with Crippen molar-refractivity contribution in [1.82, 2.24) is 0 Å². The Balaban J connectivity index is 1.24. The largest absolute Gasteiger partial charge is 0.289 e. The summed E-state index contributed by atoms with van der Waals surface area (Å²) in [6, 6.07) is 51.7. The summed E-state index contributed by atoms with van der Waals surface area (Å²) in [5.41, 5.74) is 22.4. The number of aryl methyl sites for hydroxylation is 8. The molecule has 0 fully saturated rings. The molecule has 0 amide bonds. The van der Waals surface area contributed by atoms with E-state index >= 15 is 9.59 Å². The Bertz CT molecular complexity index is 5160. The lowest BCUT2D eigenvalue weighted by Gasteiger charge is -2.36. The van der Waals surface area contributed by atoms with E-state index in [1.54, 1.807) is 46.9 Å². The van der Waals surface area contributed by atoms with Gasteiger partial charge in [-0.3, -0.25) is 9.59 Å². The van der Waals surface area contributed by atoms with Gasteiger partial charge in [0.2, 0.25) is 0 Å². The number of hydrogen-bond donors (Lipinski definition) is 0. The fourth-order valence-corrected chi connectivity index (χ4v) is 23.9. The average Bonchev–Trinajstić information content (AvgIpc) is 1.50. The molecule has 0 atom stereocenters. The third kappa shape index (κ3) is 20.5. The second kappa shape index (κ2) is 45.1. The first-order valence-electron chi connectivity index (χ1n) is 48.0. The molecule has 9 aromatic rings. The molecular weight excluding hydrogens is 1660 g/mol. The van der Waals surface area contributed by atoms with Crippen molar-refractivity contribution in [3.05, 3.63) is 306 Å². The van der Waals surface area contributed by atoms with E-state index in [4.69, 9.17) is 59.5 Å². The Morgan fingerprint density at radius 1 is 0.310 bits per heavy atom. The zero-order chi connectivity index (χ0) is 89.0. The molecule has 0 unspecified atom stereocenters. The number of rotatable bonds is 46. The molecule has 0 bridgehead atoms. The predicted octanol–water partition coefficient (Wildman–Crippen LogP) is 35.0. The van der Waals surface area contributed by atoms with Gasteiger partial charge in [-0.1, -0.05) is 329 Å². The smallest absolute Gasteiger partial charge is 0.270 e. The number of allylic oxidation sites excluding steroid dienone is 6. The third-order valence-electron chi connectivity index (χ3n) is 26.9. The molecule has 0 N–H and O–H groups in total. The molecule has 4 aliphatic rings. The number of carbonyl (C=O) groups excluding carboxylic acids is 2. The zero-order valence-corrected chi connectivity index (χ0v) is 80.6. The second-order valence-corrected chi connectivity index (χ2v) is 40.0. The van der Waals surface area contributed by atoms with Gasteiger partial charge in [0.25, 0.3) is 11.4 Å².